The van der Waals surface area contributed by atoms with Crippen molar-refractivity contribution in [2.75, 3.05) is 18.1 Å². The first kappa shape index (κ1) is 11.7. The molecule has 0 aromatic heterocycles. The van der Waals surface area contributed by atoms with E-state index in [2.05, 4.69) is 9.50 Å². The Hall–Kier alpha value is -1.82. The Bertz CT molecular complexity index is 589. The van der Waals surface area contributed by atoms with Crippen LogP contribution in [0.2, 0.25) is 0 Å². The van der Waals surface area contributed by atoms with E-state index >= 15 is 0 Å². The quantitative estimate of drug-likeness (QED) is 0.796. The van der Waals surface area contributed by atoms with Crippen LogP contribution in [0.5, 0.6) is 0 Å². The highest BCUT2D eigenvalue weighted by Crippen LogP contribution is 2.23. The van der Waals surface area contributed by atoms with Crippen molar-refractivity contribution in [2.24, 2.45) is 0 Å². The number of fused-ring (bicyclic) bond motifs is 1. The van der Waals surface area contributed by atoms with Crippen molar-refractivity contribution in [3.8, 4) is 0 Å². The third kappa shape index (κ3) is 2.85. The number of hydrogen-bond donors (Lipinski definition) is 1. The molecule has 0 amide bonds. The summed E-state index contributed by atoms with van der Waals surface area (Å²) < 4.78 is 26.0. The minimum absolute atomic E-state index is 0.255. The Morgan fingerprint density at radius 1 is 1.35 bits per heavy atom. The summed E-state index contributed by atoms with van der Waals surface area (Å²) in [5, 5.41) is 3.02. The van der Waals surface area contributed by atoms with Crippen LogP contribution in [0.3, 0.4) is 0 Å². The molecule has 5 nitrogen and oxygen atoms in total. The van der Waals surface area contributed by atoms with Crippen LogP contribution < -0.4 is 5.32 Å². The maximum absolute atomic E-state index is 11.5. The molecule has 0 saturated carbocycles. The average molecular weight is 253 g/mol. The van der Waals surface area contributed by atoms with Crippen LogP contribution in [0, 0.1) is 0 Å². The summed E-state index contributed by atoms with van der Waals surface area (Å²) in [5.74, 6) is -0.838. The van der Waals surface area contributed by atoms with Crippen molar-refractivity contribution in [2.45, 2.75) is 0 Å². The van der Waals surface area contributed by atoms with E-state index in [-0.39, 0.29) is 12.1 Å². The van der Waals surface area contributed by atoms with E-state index in [1.807, 2.05) is 24.3 Å². The lowest BCUT2D eigenvalue weighted by atomic mass is 10.1. The number of carbonyl (C=O) groups is 1. The van der Waals surface area contributed by atoms with Gasteiger partial charge in [0, 0.05) is 12.2 Å². The Labute approximate surface area is 99.2 Å². The summed E-state index contributed by atoms with van der Waals surface area (Å²) >= 11 is 0. The molecule has 0 bridgehead atoms. The maximum atomic E-state index is 11.5. The number of hydrogen-bond acceptors (Lipinski definition) is 5. The molecule has 1 N–H and O–H groups in total. The Morgan fingerprint density at radius 3 is 2.76 bits per heavy atom. The van der Waals surface area contributed by atoms with E-state index in [4.69, 9.17) is 0 Å². The van der Waals surface area contributed by atoms with Crippen LogP contribution in [0.1, 0.15) is 5.56 Å². The fourth-order valence-corrected chi connectivity index (χ4v) is 1.92. The number of rotatable bonds is 2. The Morgan fingerprint density at radius 2 is 2.06 bits per heavy atom. The summed E-state index contributed by atoms with van der Waals surface area (Å²) in [7, 11) is -3.77. The second-order valence-electron chi connectivity index (χ2n) is 3.69. The zero-order valence-corrected chi connectivity index (χ0v) is 9.95. The predicted molar refractivity (Wildman–Crippen MR) is 63.8 cm³/mol. The monoisotopic (exact) mass is 253 g/mol. The van der Waals surface area contributed by atoms with Gasteiger partial charge in [-0.15, -0.1) is 0 Å². The van der Waals surface area contributed by atoms with Gasteiger partial charge in [-0.05, 0) is 17.7 Å². The third-order valence-corrected chi connectivity index (χ3v) is 2.70. The summed E-state index contributed by atoms with van der Waals surface area (Å²) in [4.78, 5) is 11.5. The lowest BCUT2D eigenvalue weighted by Crippen LogP contribution is -2.21. The Balaban J connectivity index is 2.26. The van der Waals surface area contributed by atoms with Crippen molar-refractivity contribution in [3.63, 3.8) is 0 Å². The second-order valence-corrected chi connectivity index (χ2v) is 5.26. The normalized spacial score (nSPS) is 14.3. The Kier molecular flexibility index (Phi) is 2.89. The number of nitrogens with one attached hydrogen (secondary N) is 1. The first-order valence-corrected chi connectivity index (χ1v) is 6.74. The van der Waals surface area contributed by atoms with Crippen LogP contribution in [-0.4, -0.2) is 27.2 Å². The SMILES string of the molecule is CS(=O)(=O)OC(=O)C1=Cc2ccccc2NC1. The molecule has 0 atom stereocenters. The average Bonchev–Trinajstić information content (AvgIpc) is 2.26. The molecule has 0 spiro atoms. The highest BCUT2D eigenvalue weighted by atomic mass is 32.2. The van der Waals surface area contributed by atoms with Gasteiger partial charge in [-0.25, -0.2) is 4.79 Å². The molecule has 0 unspecified atom stereocenters. The zero-order chi connectivity index (χ0) is 12.5. The highest BCUT2D eigenvalue weighted by molar-refractivity contribution is 7.86. The number of benzene rings is 1. The van der Waals surface area contributed by atoms with Gasteiger partial charge in [-0.2, -0.15) is 8.42 Å². The van der Waals surface area contributed by atoms with Crippen LogP contribution in [-0.2, 0) is 19.1 Å². The molecular weight excluding hydrogens is 242 g/mol. The lowest BCUT2D eigenvalue weighted by Gasteiger charge is -2.16. The molecule has 0 aliphatic carbocycles. The van der Waals surface area contributed by atoms with E-state index < -0.39 is 16.1 Å². The molecule has 6 heteroatoms. The molecule has 1 aromatic rings. The minimum Gasteiger partial charge on any atom is -0.380 e. The van der Waals surface area contributed by atoms with Gasteiger partial charge in [0.15, 0.2) is 0 Å². The summed E-state index contributed by atoms with van der Waals surface area (Å²) in [6.07, 6.45) is 2.47. The van der Waals surface area contributed by atoms with Gasteiger partial charge < -0.3 is 9.50 Å². The van der Waals surface area contributed by atoms with Crippen molar-refractivity contribution in [1.29, 1.82) is 0 Å². The van der Waals surface area contributed by atoms with Crippen molar-refractivity contribution in [3.05, 3.63) is 35.4 Å². The number of anilines is 1. The molecule has 17 heavy (non-hydrogen) atoms. The van der Waals surface area contributed by atoms with Crippen LogP contribution in [0.4, 0.5) is 5.69 Å². The topological polar surface area (TPSA) is 72.5 Å². The molecular formula is C11H11NO4S. The fourth-order valence-electron chi connectivity index (χ4n) is 1.54. The van der Waals surface area contributed by atoms with Crippen LogP contribution in [0.25, 0.3) is 6.08 Å². The maximum Gasteiger partial charge on any atom is 0.351 e. The van der Waals surface area contributed by atoms with E-state index in [1.165, 1.54) is 0 Å². The standard InChI is InChI=1S/C11H11NO4S/c1-17(14,15)16-11(13)9-6-8-4-2-3-5-10(8)12-7-9/h2-6,12H,7H2,1H3. The van der Waals surface area contributed by atoms with E-state index in [0.29, 0.717) is 0 Å². The lowest BCUT2D eigenvalue weighted by molar-refractivity contribution is -0.129. The largest absolute Gasteiger partial charge is 0.380 e. The van der Waals surface area contributed by atoms with Gasteiger partial charge >= 0.3 is 16.1 Å². The zero-order valence-electron chi connectivity index (χ0n) is 9.14. The van der Waals surface area contributed by atoms with Gasteiger partial charge in [0.25, 0.3) is 0 Å². The third-order valence-electron chi connectivity index (χ3n) is 2.25. The van der Waals surface area contributed by atoms with E-state index in [0.717, 1.165) is 17.5 Å². The van der Waals surface area contributed by atoms with Gasteiger partial charge in [0.05, 0.1) is 11.8 Å². The summed E-state index contributed by atoms with van der Waals surface area (Å²) in [5.41, 5.74) is 2.02. The van der Waals surface area contributed by atoms with Gasteiger partial charge in [-0.1, -0.05) is 18.2 Å². The van der Waals surface area contributed by atoms with Gasteiger partial charge in [0.1, 0.15) is 0 Å². The van der Waals surface area contributed by atoms with Gasteiger partial charge in [0.2, 0.25) is 0 Å². The van der Waals surface area contributed by atoms with Crippen LogP contribution in [0.15, 0.2) is 29.8 Å². The van der Waals surface area contributed by atoms with Crippen molar-refractivity contribution >= 4 is 27.9 Å². The summed E-state index contributed by atoms with van der Waals surface area (Å²) in [6, 6.07) is 7.42. The minimum atomic E-state index is -3.77. The van der Waals surface area contributed by atoms with Crippen molar-refractivity contribution < 1.29 is 17.4 Å². The molecule has 2 rings (SSSR count). The smallest absolute Gasteiger partial charge is 0.351 e. The predicted octanol–water partition coefficient (Wildman–Crippen LogP) is 0.998. The summed E-state index contributed by atoms with van der Waals surface area (Å²) in [6.45, 7) is 0.255. The molecule has 1 heterocycles. The first-order valence-electron chi connectivity index (χ1n) is 4.93. The second kappa shape index (κ2) is 4.21. The van der Waals surface area contributed by atoms with Gasteiger partial charge in [-0.3, -0.25) is 0 Å². The van der Waals surface area contributed by atoms with Crippen LogP contribution >= 0.6 is 0 Å². The molecule has 1 aromatic carbocycles. The number of carbonyl (C=O) groups excluding carboxylic acids is 1. The van der Waals surface area contributed by atoms with Crippen molar-refractivity contribution in [1.82, 2.24) is 0 Å². The number of para-hydroxylation sites is 1. The molecule has 1 aliphatic heterocycles. The molecule has 0 radical (unpaired) electrons. The molecule has 90 valence electrons. The highest BCUT2D eigenvalue weighted by Gasteiger charge is 2.19. The van der Waals surface area contributed by atoms with E-state index in [9.17, 15) is 13.2 Å². The molecule has 1 aliphatic rings. The van der Waals surface area contributed by atoms with E-state index in [1.54, 1.807) is 6.08 Å². The molecule has 0 saturated heterocycles. The first-order chi connectivity index (χ1) is 7.96. The fraction of sp³-hybridized carbons (Fsp3) is 0.182. The molecule has 0 fully saturated rings.